The quantitative estimate of drug-likeness (QED) is 0.416. The van der Waals surface area contributed by atoms with Gasteiger partial charge in [0.2, 0.25) is 5.91 Å². The van der Waals surface area contributed by atoms with Gasteiger partial charge in [0.05, 0.1) is 24.9 Å². The molecule has 1 unspecified atom stereocenters. The first-order valence-corrected chi connectivity index (χ1v) is 11.7. The van der Waals surface area contributed by atoms with E-state index in [1.165, 1.54) is 12.1 Å². The van der Waals surface area contributed by atoms with Crippen molar-refractivity contribution in [3.63, 3.8) is 0 Å². The van der Waals surface area contributed by atoms with Crippen LogP contribution in [-0.2, 0) is 11.2 Å². The lowest BCUT2D eigenvalue weighted by Crippen LogP contribution is -2.40. The van der Waals surface area contributed by atoms with Crippen LogP contribution in [0.1, 0.15) is 30.0 Å². The van der Waals surface area contributed by atoms with Crippen LogP contribution in [0, 0.1) is 5.82 Å². The number of methoxy groups -OCH3 is 1. The molecule has 1 atom stereocenters. The van der Waals surface area contributed by atoms with Gasteiger partial charge in [-0.25, -0.2) is 19.0 Å². The van der Waals surface area contributed by atoms with Crippen molar-refractivity contribution in [2.45, 2.75) is 25.2 Å². The normalized spacial score (nSPS) is 15.7. The van der Waals surface area contributed by atoms with Crippen molar-refractivity contribution in [2.24, 2.45) is 0 Å². The highest BCUT2D eigenvalue weighted by Crippen LogP contribution is 2.32. The molecule has 0 bridgehead atoms. The van der Waals surface area contributed by atoms with Crippen LogP contribution in [0.4, 0.5) is 4.39 Å². The first-order valence-electron chi connectivity index (χ1n) is 11.7. The third-order valence-electron chi connectivity index (χ3n) is 6.35. The number of para-hydroxylation sites is 1. The van der Waals surface area contributed by atoms with Crippen LogP contribution in [0.5, 0.6) is 5.75 Å². The number of carbonyl (C=O) groups is 1. The number of piperidine rings is 1. The fourth-order valence-corrected chi connectivity index (χ4v) is 4.58. The zero-order valence-corrected chi connectivity index (χ0v) is 19.5. The molecule has 0 radical (unpaired) electrons. The van der Waals surface area contributed by atoms with Crippen molar-refractivity contribution >= 4 is 5.91 Å². The summed E-state index contributed by atoms with van der Waals surface area (Å²) >= 11 is 0. The maximum atomic E-state index is 13.5. The Bertz CT molecular complexity index is 1310. The fourth-order valence-electron chi connectivity index (χ4n) is 4.58. The highest BCUT2D eigenvalue weighted by Gasteiger charge is 2.29. The summed E-state index contributed by atoms with van der Waals surface area (Å²) in [6, 6.07) is 17.6. The molecule has 7 nitrogen and oxygen atoms in total. The van der Waals surface area contributed by atoms with Gasteiger partial charge in [-0.05, 0) is 55.3 Å². The van der Waals surface area contributed by atoms with Crippen LogP contribution in [0.15, 0.2) is 73.1 Å². The van der Waals surface area contributed by atoms with Gasteiger partial charge >= 0.3 is 0 Å². The van der Waals surface area contributed by atoms with Crippen LogP contribution < -0.4 is 4.74 Å². The standard InChI is InChI=1S/C27H26FN5O2/c1-35-25-8-3-2-6-20(25)16-26(34)32-15-4-7-21(18-32)24-17-23(19-9-11-22(28)12-10-19)31-33(24)27-29-13-5-14-30-27/h2-3,5-6,8-14,17,21H,4,7,15-16,18H2,1H3. The molecule has 1 aliphatic heterocycles. The summed E-state index contributed by atoms with van der Waals surface area (Å²) in [6.07, 6.45) is 5.44. The van der Waals surface area contributed by atoms with Crippen LogP contribution in [-0.4, -0.2) is 50.8 Å². The molecular formula is C27H26FN5O2. The highest BCUT2D eigenvalue weighted by atomic mass is 19.1. The zero-order valence-electron chi connectivity index (χ0n) is 19.5. The summed E-state index contributed by atoms with van der Waals surface area (Å²) in [4.78, 5) is 23.9. The van der Waals surface area contributed by atoms with Gasteiger partial charge in [-0.15, -0.1) is 0 Å². The summed E-state index contributed by atoms with van der Waals surface area (Å²) in [5.74, 6) is 1.03. The van der Waals surface area contributed by atoms with Crippen LogP contribution in [0.25, 0.3) is 17.2 Å². The summed E-state index contributed by atoms with van der Waals surface area (Å²) < 4.78 is 20.6. The van der Waals surface area contributed by atoms with Crippen LogP contribution in [0.3, 0.4) is 0 Å². The summed E-state index contributed by atoms with van der Waals surface area (Å²) in [5.41, 5.74) is 3.33. The number of nitrogens with zero attached hydrogens (tertiary/aromatic N) is 5. The predicted octanol–water partition coefficient (Wildman–Crippen LogP) is 4.43. The van der Waals surface area contributed by atoms with E-state index in [1.807, 2.05) is 35.2 Å². The minimum absolute atomic E-state index is 0.0656. The number of hydrogen-bond acceptors (Lipinski definition) is 5. The Balaban J connectivity index is 1.43. The maximum Gasteiger partial charge on any atom is 0.250 e. The Morgan fingerprint density at radius 3 is 2.63 bits per heavy atom. The lowest BCUT2D eigenvalue weighted by molar-refractivity contribution is -0.131. The Morgan fingerprint density at radius 1 is 1.09 bits per heavy atom. The number of aromatic nitrogens is 4. The lowest BCUT2D eigenvalue weighted by Gasteiger charge is -2.33. The number of benzene rings is 2. The van der Waals surface area contributed by atoms with Crippen molar-refractivity contribution in [1.29, 1.82) is 0 Å². The molecule has 4 aromatic rings. The van der Waals surface area contributed by atoms with Gasteiger partial charge in [-0.2, -0.15) is 5.10 Å². The topological polar surface area (TPSA) is 73.1 Å². The zero-order chi connectivity index (χ0) is 24.2. The van der Waals surface area contributed by atoms with Gasteiger partial charge in [0.25, 0.3) is 5.95 Å². The van der Waals surface area contributed by atoms with Crippen molar-refractivity contribution in [3.8, 4) is 23.0 Å². The number of hydrogen-bond donors (Lipinski definition) is 0. The summed E-state index contributed by atoms with van der Waals surface area (Å²) in [6.45, 7) is 1.29. The maximum absolute atomic E-state index is 13.5. The average Bonchev–Trinajstić information content (AvgIpc) is 3.36. The van der Waals surface area contributed by atoms with Crippen LogP contribution in [0.2, 0.25) is 0 Å². The van der Waals surface area contributed by atoms with Crippen molar-refractivity contribution in [2.75, 3.05) is 20.2 Å². The molecule has 0 aliphatic carbocycles. The molecule has 0 N–H and O–H groups in total. The molecule has 2 aromatic heterocycles. The van der Waals surface area contributed by atoms with Gasteiger partial charge in [-0.1, -0.05) is 18.2 Å². The average molecular weight is 472 g/mol. The van der Waals surface area contributed by atoms with E-state index in [4.69, 9.17) is 9.84 Å². The van der Waals surface area contributed by atoms with Crippen molar-refractivity contribution in [1.82, 2.24) is 24.6 Å². The molecule has 1 fully saturated rings. The first kappa shape index (κ1) is 22.7. The molecule has 35 heavy (non-hydrogen) atoms. The highest BCUT2D eigenvalue weighted by molar-refractivity contribution is 5.79. The smallest absolute Gasteiger partial charge is 0.250 e. The van der Waals surface area contributed by atoms with Gasteiger partial charge in [0, 0.05) is 42.5 Å². The second-order valence-electron chi connectivity index (χ2n) is 8.59. The van der Waals surface area contributed by atoms with E-state index >= 15 is 0 Å². The number of halogens is 1. The molecule has 1 amide bonds. The van der Waals surface area contributed by atoms with Gasteiger partial charge < -0.3 is 9.64 Å². The molecule has 0 saturated carbocycles. The van der Waals surface area contributed by atoms with E-state index in [9.17, 15) is 9.18 Å². The molecular weight excluding hydrogens is 445 g/mol. The molecule has 8 heteroatoms. The van der Waals surface area contributed by atoms with E-state index in [0.29, 0.717) is 31.2 Å². The lowest BCUT2D eigenvalue weighted by atomic mass is 9.93. The van der Waals surface area contributed by atoms with E-state index in [2.05, 4.69) is 9.97 Å². The molecule has 5 rings (SSSR count). The number of rotatable bonds is 6. The molecule has 0 spiro atoms. The second-order valence-corrected chi connectivity index (χ2v) is 8.59. The number of carbonyl (C=O) groups excluding carboxylic acids is 1. The van der Waals surface area contributed by atoms with Crippen molar-refractivity contribution in [3.05, 3.63) is 90.1 Å². The molecule has 1 aliphatic rings. The largest absolute Gasteiger partial charge is 0.496 e. The predicted molar refractivity (Wildman–Crippen MR) is 130 cm³/mol. The van der Waals surface area contributed by atoms with Crippen molar-refractivity contribution < 1.29 is 13.9 Å². The number of amides is 1. The van der Waals surface area contributed by atoms with E-state index in [1.54, 1.807) is 42.4 Å². The number of likely N-dealkylation sites (tertiary alicyclic amines) is 1. The Morgan fingerprint density at radius 2 is 1.86 bits per heavy atom. The van der Waals surface area contributed by atoms with Crippen LogP contribution >= 0.6 is 0 Å². The number of ether oxygens (including phenoxy) is 1. The third-order valence-corrected chi connectivity index (χ3v) is 6.35. The Labute approximate surface area is 203 Å². The van der Waals surface area contributed by atoms with Gasteiger partial charge in [0.15, 0.2) is 0 Å². The fraction of sp³-hybridized carbons (Fsp3) is 0.259. The minimum atomic E-state index is -0.295. The molecule has 1 saturated heterocycles. The first-order chi connectivity index (χ1) is 17.1. The Hall–Kier alpha value is -4.07. The molecule has 3 heterocycles. The monoisotopic (exact) mass is 471 g/mol. The Kier molecular flexibility index (Phi) is 6.52. The third kappa shape index (κ3) is 4.91. The molecule has 178 valence electrons. The minimum Gasteiger partial charge on any atom is -0.496 e. The van der Waals surface area contributed by atoms with E-state index in [-0.39, 0.29) is 17.6 Å². The molecule has 2 aromatic carbocycles. The van der Waals surface area contributed by atoms with Gasteiger partial charge in [0.1, 0.15) is 11.6 Å². The van der Waals surface area contributed by atoms with E-state index in [0.717, 1.165) is 35.4 Å². The van der Waals surface area contributed by atoms with Gasteiger partial charge in [-0.3, -0.25) is 4.79 Å². The summed E-state index contributed by atoms with van der Waals surface area (Å²) in [5, 5.41) is 4.77. The van der Waals surface area contributed by atoms with E-state index < -0.39 is 0 Å². The summed E-state index contributed by atoms with van der Waals surface area (Å²) in [7, 11) is 1.62. The second kappa shape index (κ2) is 10.0. The SMILES string of the molecule is COc1ccccc1CC(=O)N1CCCC(c2cc(-c3ccc(F)cc3)nn2-c2ncccn2)C1.